The van der Waals surface area contributed by atoms with Crippen LogP contribution in [0.1, 0.15) is 0 Å². The molecule has 0 aliphatic carbocycles. The summed E-state index contributed by atoms with van der Waals surface area (Å²) < 4.78 is 5.25. The maximum atomic E-state index is 5.84. The maximum absolute atomic E-state index is 5.84. The minimum Gasteiger partial charge on any atom is -0.378 e. The van der Waals surface area contributed by atoms with Crippen LogP contribution < -0.4 is 11.1 Å². The molecular formula is C10H14N2O. The first-order valence-corrected chi connectivity index (χ1v) is 4.51. The molecular weight excluding hydrogens is 164 g/mol. The third-order valence-corrected chi connectivity index (χ3v) is 2.25. The van der Waals surface area contributed by atoms with E-state index in [0.29, 0.717) is 13.2 Å². The molecule has 3 N–H and O–H groups in total. The monoisotopic (exact) mass is 178 g/mol. The first-order chi connectivity index (χ1) is 6.36. The molecule has 0 saturated carbocycles. The van der Waals surface area contributed by atoms with Crippen molar-refractivity contribution in [1.82, 2.24) is 0 Å². The second kappa shape index (κ2) is 3.77. The lowest BCUT2D eigenvalue weighted by atomic mass is 10.2. The molecule has 0 bridgehead atoms. The fourth-order valence-electron chi connectivity index (χ4n) is 1.47. The van der Waals surface area contributed by atoms with Crippen LogP contribution in [0.5, 0.6) is 0 Å². The molecule has 1 aliphatic heterocycles. The summed E-state index contributed by atoms with van der Waals surface area (Å²) in [5, 5.41) is 3.34. The second-order valence-electron chi connectivity index (χ2n) is 3.32. The van der Waals surface area contributed by atoms with Crippen LogP contribution >= 0.6 is 0 Å². The zero-order valence-electron chi connectivity index (χ0n) is 7.44. The standard InChI is InChI=1S/C10H14N2O/c11-9-6-13-7-10(9)12-8-4-2-1-3-5-8/h1-5,9-10,12H,6-7,11H2/t9-,10+/m1/s1. The smallest absolute Gasteiger partial charge is 0.0684 e. The number of nitrogens with two attached hydrogens (primary N) is 1. The van der Waals surface area contributed by atoms with E-state index in [2.05, 4.69) is 5.32 Å². The van der Waals surface area contributed by atoms with Crippen LogP contribution in [0.4, 0.5) is 5.69 Å². The van der Waals surface area contributed by atoms with E-state index in [0.717, 1.165) is 5.69 Å². The molecule has 3 heteroatoms. The minimum atomic E-state index is 0.111. The zero-order chi connectivity index (χ0) is 9.10. The van der Waals surface area contributed by atoms with Crippen molar-refractivity contribution < 1.29 is 4.74 Å². The molecule has 3 nitrogen and oxygen atoms in total. The molecule has 1 heterocycles. The molecule has 1 saturated heterocycles. The van der Waals surface area contributed by atoms with Gasteiger partial charge in [0.25, 0.3) is 0 Å². The van der Waals surface area contributed by atoms with Gasteiger partial charge in [0.2, 0.25) is 0 Å². The maximum Gasteiger partial charge on any atom is 0.0684 e. The van der Waals surface area contributed by atoms with Crippen molar-refractivity contribution in [2.75, 3.05) is 18.5 Å². The van der Waals surface area contributed by atoms with Crippen molar-refractivity contribution in [3.63, 3.8) is 0 Å². The molecule has 70 valence electrons. The fourth-order valence-corrected chi connectivity index (χ4v) is 1.47. The highest BCUT2D eigenvalue weighted by molar-refractivity contribution is 5.44. The van der Waals surface area contributed by atoms with Crippen molar-refractivity contribution in [3.05, 3.63) is 30.3 Å². The topological polar surface area (TPSA) is 47.3 Å². The Hall–Kier alpha value is -1.06. The van der Waals surface area contributed by atoms with Crippen LogP contribution in [0, 0.1) is 0 Å². The summed E-state index contributed by atoms with van der Waals surface area (Å²) in [6.07, 6.45) is 0. The Balaban J connectivity index is 1.98. The number of para-hydroxylation sites is 1. The van der Waals surface area contributed by atoms with Gasteiger partial charge in [0.05, 0.1) is 25.3 Å². The van der Waals surface area contributed by atoms with Crippen LogP contribution in [0.2, 0.25) is 0 Å². The lowest BCUT2D eigenvalue weighted by molar-refractivity contribution is 0.192. The van der Waals surface area contributed by atoms with Crippen molar-refractivity contribution in [1.29, 1.82) is 0 Å². The Morgan fingerprint density at radius 2 is 2.00 bits per heavy atom. The molecule has 1 fully saturated rings. The van der Waals surface area contributed by atoms with Gasteiger partial charge >= 0.3 is 0 Å². The van der Waals surface area contributed by atoms with E-state index in [1.54, 1.807) is 0 Å². The summed E-state index contributed by atoms with van der Waals surface area (Å²) in [5.41, 5.74) is 6.94. The molecule has 1 aliphatic rings. The Labute approximate surface area is 77.9 Å². The highest BCUT2D eigenvalue weighted by atomic mass is 16.5. The van der Waals surface area contributed by atoms with Gasteiger partial charge in [-0.2, -0.15) is 0 Å². The number of rotatable bonds is 2. The second-order valence-corrected chi connectivity index (χ2v) is 3.32. The number of hydrogen-bond donors (Lipinski definition) is 2. The van der Waals surface area contributed by atoms with E-state index in [4.69, 9.17) is 10.5 Å². The summed E-state index contributed by atoms with van der Waals surface area (Å²) in [6.45, 7) is 1.36. The van der Waals surface area contributed by atoms with Crippen LogP contribution in [-0.4, -0.2) is 25.3 Å². The molecule has 0 amide bonds. The first kappa shape index (κ1) is 8.53. The van der Waals surface area contributed by atoms with Gasteiger partial charge in [0.15, 0.2) is 0 Å². The number of anilines is 1. The summed E-state index contributed by atoms with van der Waals surface area (Å²) in [5.74, 6) is 0. The number of benzene rings is 1. The molecule has 0 aromatic heterocycles. The molecule has 1 aromatic rings. The number of hydrogen-bond acceptors (Lipinski definition) is 3. The third-order valence-electron chi connectivity index (χ3n) is 2.25. The van der Waals surface area contributed by atoms with E-state index >= 15 is 0 Å². The van der Waals surface area contributed by atoms with Crippen LogP contribution in [0.25, 0.3) is 0 Å². The van der Waals surface area contributed by atoms with Crippen molar-refractivity contribution in [3.8, 4) is 0 Å². The first-order valence-electron chi connectivity index (χ1n) is 4.51. The number of nitrogens with one attached hydrogen (secondary N) is 1. The molecule has 13 heavy (non-hydrogen) atoms. The van der Waals surface area contributed by atoms with E-state index in [1.165, 1.54) is 0 Å². The molecule has 1 aromatic carbocycles. The van der Waals surface area contributed by atoms with Gasteiger partial charge in [-0.05, 0) is 12.1 Å². The predicted molar refractivity (Wildman–Crippen MR) is 52.6 cm³/mol. The normalized spacial score (nSPS) is 27.5. The van der Waals surface area contributed by atoms with E-state index < -0.39 is 0 Å². The Kier molecular flexibility index (Phi) is 2.47. The van der Waals surface area contributed by atoms with Gasteiger partial charge in [-0.1, -0.05) is 18.2 Å². The quantitative estimate of drug-likeness (QED) is 0.705. The summed E-state index contributed by atoms with van der Waals surface area (Å²) in [6, 6.07) is 10.4. The molecule has 0 spiro atoms. The van der Waals surface area contributed by atoms with Gasteiger partial charge < -0.3 is 15.8 Å². The van der Waals surface area contributed by atoms with Gasteiger partial charge in [0.1, 0.15) is 0 Å². The molecule has 2 rings (SSSR count). The van der Waals surface area contributed by atoms with E-state index in [9.17, 15) is 0 Å². The SMILES string of the molecule is N[C@@H]1COC[C@@H]1Nc1ccccc1. The molecule has 0 radical (unpaired) electrons. The molecule has 2 atom stereocenters. The lowest BCUT2D eigenvalue weighted by Crippen LogP contribution is -2.38. The fraction of sp³-hybridized carbons (Fsp3) is 0.400. The highest BCUT2D eigenvalue weighted by Crippen LogP contribution is 2.12. The highest BCUT2D eigenvalue weighted by Gasteiger charge is 2.24. The largest absolute Gasteiger partial charge is 0.378 e. The third kappa shape index (κ3) is 1.99. The van der Waals surface area contributed by atoms with Crippen LogP contribution in [-0.2, 0) is 4.74 Å². The average molecular weight is 178 g/mol. The zero-order valence-corrected chi connectivity index (χ0v) is 7.44. The Morgan fingerprint density at radius 1 is 1.23 bits per heavy atom. The summed E-state index contributed by atoms with van der Waals surface area (Å²) in [4.78, 5) is 0. The van der Waals surface area contributed by atoms with Crippen molar-refractivity contribution >= 4 is 5.69 Å². The van der Waals surface area contributed by atoms with Crippen molar-refractivity contribution in [2.24, 2.45) is 5.73 Å². The Bertz CT molecular complexity index is 263. The Morgan fingerprint density at radius 3 is 2.62 bits per heavy atom. The number of ether oxygens (including phenoxy) is 1. The molecule has 0 unspecified atom stereocenters. The lowest BCUT2D eigenvalue weighted by Gasteiger charge is -2.16. The van der Waals surface area contributed by atoms with E-state index in [-0.39, 0.29) is 12.1 Å². The summed E-state index contributed by atoms with van der Waals surface area (Å²) >= 11 is 0. The summed E-state index contributed by atoms with van der Waals surface area (Å²) in [7, 11) is 0. The van der Waals surface area contributed by atoms with Crippen LogP contribution in [0.3, 0.4) is 0 Å². The van der Waals surface area contributed by atoms with Gasteiger partial charge in [0, 0.05) is 5.69 Å². The average Bonchev–Trinajstić information content (AvgIpc) is 2.54. The van der Waals surface area contributed by atoms with Gasteiger partial charge in [-0.3, -0.25) is 0 Å². The minimum absolute atomic E-state index is 0.111. The van der Waals surface area contributed by atoms with Crippen LogP contribution in [0.15, 0.2) is 30.3 Å². The predicted octanol–water partition coefficient (Wildman–Crippen LogP) is 0.825. The van der Waals surface area contributed by atoms with Gasteiger partial charge in [-0.25, -0.2) is 0 Å². The van der Waals surface area contributed by atoms with Gasteiger partial charge in [-0.15, -0.1) is 0 Å². The van der Waals surface area contributed by atoms with E-state index in [1.807, 2.05) is 30.3 Å². The van der Waals surface area contributed by atoms with Crippen molar-refractivity contribution in [2.45, 2.75) is 12.1 Å².